The number of carbonyl (C=O) groups excluding carboxylic acids is 2. The molecule has 0 saturated heterocycles. The Hall–Kier alpha value is -0.843. The van der Waals surface area contributed by atoms with Crippen molar-refractivity contribution in [3.05, 3.63) is 0 Å². The lowest BCUT2D eigenvalue weighted by atomic mass is 10.4. The maximum absolute atomic E-state index is 11.0. The van der Waals surface area contributed by atoms with Crippen LogP contribution in [0.15, 0.2) is 0 Å². The second-order valence-corrected chi connectivity index (χ2v) is 9.44. The Morgan fingerprint density at radius 2 is 1.23 bits per heavy atom. The molecule has 0 rings (SSSR count). The Morgan fingerprint density at radius 3 is 1.38 bits per heavy atom. The predicted octanol–water partition coefficient (Wildman–Crippen LogP) is 0.446. The van der Waals surface area contributed by atoms with Gasteiger partial charge in [-0.1, -0.05) is 26.9 Å². The van der Waals surface area contributed by atoms with Gasteiger partial charge in [0.15, 0.2) is 0 Å². The van der Waals surface area contributed by atoms with Crippen molar-refractivity contribution in [1.82, 2.24) is 0 Å². The lowest BCUT2D eigenvalue weighted by Gasteiger charge is -2.31. The summed E-state index contributed by atoms with van der Waals surface area (Å²) in [4.78, 5) is 22.0. The number of rotatable bonds is 4. The van der Waals surface area contributed by atoms with Gasteiger partial charge in [0.05, 0.1) is 8.07 Å². The molecule has 0 aromatic heterocycles. The Kier molecular flexibility index (Phi) is 3.66. The van der Waals surface area contributed by atoms with Gasteiger partial charge in [0.25, 0.3) is 0 Å². The van der Waals surface area contributed by atoms with Crippen molar-refractivity contribution in [1.29, 1.82) is 0 Å². The summed E-state index contributed by atoms with van der Waals surface area (Å²) in [7, 11) is -1.99. The summed E-state index contributed by atoms with van der Waals surface area (Å²) in [5.41, 5.74) is 9.95. The van der Waals surface area contributed by atoms with Crippen molar-refractivity contribution in [3.8, 4) is 0 Å². The molecule has 2 unspecified atom stereocenters. The van der Waals surface area contributed by atoms with Gasteiger partial charge in [0.2, 0.25) is 11.8 Å². The van der Waals surface area contributed by atoms with Crippen LogP contribution in [0, 0.1) is 0 Å². The molecular weight excluding hydrogens is 184 g/mol. The molecule has 0 spiro atoms. The van der Waals surface area contributed by atoms with E-state index in [2.05, 4.69) is 0 Å². The van der Waals surface area contributed by atoms with E-state index in [1.807, 2.05) is 13.1 Å². The normalized spacial score (nSPS) is 16.3. The van der Waals surface area contributed by atoms with Gasteiger partial charge in [-0.25, -0.2) is 0 Å². The summed E-state index contributed by atoms with van der Waals surface area (Å²) in [5, 5.41) is 0. The largest absolute Gasteiger partial charge is 0.370 e. The summed E-state index contributed by atoms with van der Waals surface area (Å²) < 4.78 is 0. The van der Waals surface area contributed by atoms with Crippen LogP contribution in [0.5, 0.6) is 0 Å². The van der Waals surface area contributed by atoms with E-state index in [4.69, 9.17) is 11.5 Å². The second-order valence-electron chi connectivity index (χ2n) is 4.07. The van der Waals surface area contributed by atoms with E-state index in [-0.39, 0.29) is 22.9 Å². The Labute approximate surface area is 79.7 Å². The quantitative estimate of drug-likeness (QED) is 0.648. The molecule has 2 atom stereocenters. The zero-order valence-corrected chi connectivity index (χ0v) is 9.63. The van der Waals surface area contributed by atoms with Crippen molar-refractivity contribution in [2.45, 2.75) is 38.0 Å². The fourth-order valence-corrected chi connectivity index (χ4v) is 3.32. The highest BCUT2D eigenvalue weighted by Crippen LogP contribution is 2.32. The van der Waals surface area contributed by atoms with Crippen molar-refractivity contribution < 1.29 is 9.59 Å². The minimum atomic E-state index is -1.99. The molecule has 4 N–H and O–H groups in total. The van der Waals surface area contributed by atoms with Gasteiger partial charge in [0.1, 0.15) is 0 Å². The standard InChI is InChI=1S/C8H18N2O2Si/c1-5(7(9)11)13(3,4)6(2)8(10)12/h5-6H,1-4H3,(H2,9,11)(H2,10,12). The molecule has 0 aromatic rings. The van der Waals surface area contributed by atoms with Crippen molar-refractivity contribution in [2.24, 2.45) is 11.5 Å². The molecule has 0 aromatic carbocycles. The molecule has 0 aliphatic carbocycles. The van der Waals surface area contributed by atoms with Crippen LogP contribution in [0.4, 0.5) is 0 Å². The zero-order valence-electron chi connectivity index (χ0n) is 8.63. The highest BCUT2D eigenvalue weighted by atomic mass is 28.3. The first-order valence-corrected chi connectivity index (χ1v) is 7.45. The molecular formula is C8H18N2O2Si. The molecule has 2 amide bonds. The monoisotopic (exact) mass is 202 g/mol. The van der Waals surface area contributed by atoms with Gasteiger partial charge in [0, 0.05) is 11.1 Å². The third-order valence-electron chi connectivity index (χ3n) is 3.09. The van der Waals surface area contributed by atoms with Gasteiger partial charge in [-0.3, -0.25) is 9.59 Å². The molecule has 0 radical (unpaired) electrons. The smallest absolute Gasteiger partial charge is 0.217 e. The molecule has 4 nitrogen and oxygen atoms in total. The number of amides is 2. The molecule has 76 valence electrons. The number of hydrogen-bond acceptors (Lipinski definition) is 2. The Balaban J connectivity index is 4.74. The second kappa shape index (κ2) is 3.91. The average Bonchev–Trinajstić information content (AvgIpc) is 2.01. The average molecular weight is 202 g/mol. The minimum Gasteiger partial charge on any atom is -0.370 e. The summed E-state index contributed by atoms with van der Waals surface area (Å²) in [6.07, 6.45) is 0. The maximum atomic E-state index is 11.0. The first-order valence-electron chi connectivity index (χ1n) is 4.29. The van der Waals surface area contributed by atoms with Gasteiger partial charge in [-0.15, -0.1) is 0 Å². The summed E-state index contributed by atoms with van der Waals surface area (Å²) in [6, 6.07) is 0. The van der Waals surface area contributed by atoms with Crippen LogP contribution in [-0.2, 0) is 9.59 Å². The topological polar surface area (TPSA) is 86.2 Å². The molecule has 0 aliphatic rings. The van der Waals surface area contributed by atoms with E-state index in [1.54, 1.807) is 13.8 Å². The van der Waals surface area contributed by atoms with Crippen LogP contribution in [0.2, 0.25) is 24.2 Å². The van der Waals surface area contributed by atoms with Crippen LogP contribution in [-0.4, -0.2) is 19.9 Å². The van der Waals surface area contributed by atoms with Gasteiger partial charge in [-0.2, -0.15) is 0 Å². The Morgan fingerprint density at radius 1 is 1.00 bits per heavy atom. The number of primary amides is 2. The molecule has 0 fully saturated rings. The van der Waals surface area contributed by atoms with Crippen molar-refractivity contribution in [2.75, 3.05) is 0 Å². The Bertz CT molecular complexity index is 206. The van der Waals surface area contributed by atoms with Crippen LogP contribution < -0.4 is 11.5 Å². The van der Waals surface area contributed by atoms with Crippen LogP contribution in [0.25, 0.3) is 0 Å². The van der Waals surface area contributed by atoms with E-state index in [9.17, 15) is 9.59 Å². The van der Waals surface area contributed by atoms with E-state index >= 15 is 0 Å². The van der Waals surface area contributed by atoms with E-state index in [0.717, 1.165) is 0 Å². The van der Waals surface area contributed by atoms with Gasteiger partial charge >= 0.3 is 0 Å². The summed E-state index contributed by atoms with van der Waals surface area (Å²) in [5.74, 6) is -0.686. The number of nitrogens with two attached hydrogens (primary N) is 2. The molecule has 0 bridgehead atoms. The first kappa shape index (κ1) is 12.2. The highest BCUT2D eigenvalue weighted by molar-refractivity contribution is 6.85. The number of hydrogen-bond donors (Lipinski definition) is 2. The predicted molar refractivity (Wildman–Crippen MR) is 54.7 cm³/mol. The lowest BCUT2D eigenvalue weighted by Crippen LogP contribution is -2.46. The zero-order chi connectivity index (χ0) is 10.8. The van der Waals surface area contributed by atoms with Gasteiger partial charge < -0.3 is 11.5 Å². The molecule has 5 heteroatoms. The van der Waals surface area contributed by atoms with Gasteiger partial charge in [-0.05, 0) is 0 Å². The van der Waals surface area contributed by atoms with Crippen molar-refractivity contribution in [3.63, 3.8) is 0 Å². The van der Waals surface area contributed by atoms with E-state index in [1.165, 1.54) is 0 Å². The molecule has 13 heavy (non-hydrogen) atoms. The summed E-state index contributed by atoms with van der Waals surface area (Å²) in [6.45, 7) is 7.46. The molecule has 0 saturated carbocycles. The molecule has 0 aliphatic heterocycles. The van der Waals surface area contributed by atoms with E-state index in [0.29, 0.717) is 0 Å². The van der Waals surface area contributed by atoms with E-state index < -0.39 is 8.07 Å². The third-order valence-corrected chi connectivity index (χ3v) is 8.12. The van der Waals surface area contributed by atoms with Crippen LogP contribution in [0.3, 0.4) is 0 Å². The third kappa shape index (κ3) is 2.55. The highest BCUT2D eigenvalue weighted by Gasteiger charge is 2.39. The van der Waals surface area contributed by atoms with Crippen LogP contribution >= 0.6 is 0 Å². The minimum absolute atomic E-state index is 0.227. The lowest BCUT2D eigenvalue weighted by molar-refractivity contribution is -0.117. The fourth-order valence-electron chi connectivity index (χ4n) is 1.11. The fraction of sp³-hybridized carbons (Fsp3) is 0.750. The summed E-state index contributed by atoms with van der Waals surface area (Å²) >= 11 is 0. The maximum Gasteiger partial charge on any atom is 0.217 e. The molecule has 0 heterocycles. The van der Waals surface area contributed by atoms with Crippen molar-refractivity contribution >= 4 is 19.9 Å². The van der Waals surface area contributed by atoms with Crippen LogP contribution in [0.1, 0.15) is 13.8 Å². The first-order chi connectivity index (χ1) is 5.71. The number of carbonyl (C=O) groups is 2. The SMILES string of the molecule is CC(C(N)=O)[Si](C)(C)C(C)C(N)=O.